The lowest BCUT2D eigenvalue weighted by Gasteiger charge is -2.16. The minimum Gasteiger partial charge on any atom is -0.330 e. The van der Waals surface area contributed by atoms with Crippen molar-refractivity contribution in [1.29, 1.82) is 0 Å². The van der Waals surface area contributed by atoms with Crippen molar-refractivity contribution in [3.63, 3.8) is 0 Å². The monoisotopic (exact) mass is 277 g/mol. The zero-order valence-electron chi connectivity index (χ0n) is 11.4. The molecule has 19 heavy (non-hydrogen) atoms. The average Bonchev–Trinajstić information content (AvgIpc) is 2.72. The summed E-state index contributed by atoms with van der Waals surface area (Å²) in [6.45, 7) is 5.45. The number of nitrogens with two attached hydrogens (primary N) is 1. The minimum absolute atomic E-state index is 0.278. The van der Waals surface area contributed by atoms with Crippen molar-refractivity contribution >= 4 is 11.6 Å². The molecule has 3 nitrogen and oxygen atoms in total. The highest BCUT2D eigenvalue weighted by Crippen LogP contribution is 2.26. The normalized spacial score (nSPS) is 12.6. The van der Waals surface area contributed by atoms with Crippen molar-refractivity contribution in [2.45, 2.75) is 32.7 Å². The van der Waals surface area contributed by atoms with Gasteiger partial charge in [-0.3, -0.25) is 4.68 Å². The maximum absolute atomic E-state index is 6.36. The Morgan fingerprint density at radius 2 is 2.00 bits per heavy atom. The topological polar surface area (TPSA) is 43.8 Å². The number of hydrogen-bond acceptors (Lipinski definition) is 2. The number of benzene rings is 1. The predicted molar refractivity (Wildman–Crippen MR) is 79.6 cm³/mol. The fourth-order valence-corrected chi connectivity index (χ4v) is 2.57. The summed E-state index contributed by atoms with van der Waals surface area (Å²) in [5.74, 6) is 0.278. The average molecular weight is 278 g/mol. The largest absolute Gasteiger partial charge is 0.330 e. The van der Waals surface area contributed by atoms with Gasteiger partial charge < -0.3 is 5.73 Å². The molecule has 2 N–H and O–H groups in total. The minimum atomic E-state index is 0.278. The number of aryl methyl sites for hydroxylation is 2. The Balaban J connectivity index is 2.29. The molecule has 0 saturated heterocycles. The van der Waals surface area contributed by atoms with Crippen LogP contribution >= 0.6 is 11.6 Å². The smallest absolute Gasteiger partial charge is 0.0847 e. The fourth-order valence-electron chi connectivity index (χ4n) is 2.36. The highest BCUT2D eigenvalue weighted by molar-refractivity contribution is 6.31. The SMILES string of the molecule is CCn1nc(C)c(Cl)c1CC(CN)c1ccccc1. The summed E-state index contributed by atoms with van der Waals surface area (Å²) in [5, 5.41) is 5.23. The number of halogens is 1. The molecule has 0 fully saturated rings. The molecule has 0 aliphatic rings. The molecular weight excluding hydrogens is 258 g/mol. The Kier molecular flexibility index (Phi) is 4.61. The third kappa shape index (κ3) is 2.99. The Hall–Kier alpha value is -1.32. The lowest BCUT2D eigenvalue weighted by atomic mass is 9.94. The van der Waals surface area contributed by atoms with Crippen LogP contribution < -0.4 is 5.73 Å². The first-order chi connectivity index (χ1) is 9.17. The molecule has 1 aromatic carbocycles. The summed E-state index contributed by atoms with van der Waals surface area (Å²) < 4.78 is 1.98. The van der Waals surface area contributed by atoms with E-state index in [0.717, 1.165) is 29.4 Å². The zero-order valence-corrected chi connectivity index (χ0v) is 12.2. The summed E-state index contributed by atoms with van der Waals surface area (Å²) >= 11 is 6.36. The van der Waals surface area contributed by atoms with E-state index in [-0.39, 0.29) is 5.92 Å². The van der Waals surface area contributed by atoms with E-state index in [1.807, 2.05) is 29.8 Å². The van der Waals surface area contributed by atoms with Crippen LogP contribution in [0, 0.1) is 6.92 Å². The van der Waals surface area contributed by atoms with Gasteiger partial charge in [0.1, 0.15) is 0 Å². The van der Waals surface area contributed by atoms with E-state index in [1.165, 1.54) is 5.56 Å². The number of aromatic nitrogens is 2. The Morgan fingerprint density at radius 1 is 1.32 bits per heavy atom. The van der Waals surface area contributed by atoms with Crippen molar-refractivity contribution in [2.24, 2.45) is 5.73 Å². The standard InChI is InChI=1S/C15H20ClN3/c1-3-19-14(15(16)11(2)18-19)9-13(10-17)12-7-5-4-6-8-12/h4-8,13H,3,9-10,17H2,1-2H3. The van der Waals surface area contributed by atoms with Gasteiger partial charge in [0.05, 0.1) is 16.4 Å². The highest BCUT2D eigenvalue weighted by atomic mass is 35.5. The van der Waals surface area contributed by atoms with Gasteiger partial charge in [0, 0.05) is 12.5 Å². The van der Waals surface area contributed by atoms with Crippen LogP contribution in [0.2, 0.25) is 5.02 Å². The second kappa shape index (κ2) is 6.22. The molecule has 0 radical (unpaired) electrons. The summed E-state index contributed by atoms with van der Waals surface area (Å²) in [6, 6.07) is 10.3. The molecule has 2 rings (SSSR count). The molecule has 0 spiro atoms. The fraction of sp³-hybridized carbons (Fsp3) is 0.400. The quantitative estimate of drug-likeness (QED) is 0.912. The second-order valence-electron chi connectivity index (χ2n) is 4.71. The molecule has 0 amide bonds. The van der Waals surface area contributed by atoms with Crippen LogP contribution in [0.3, 0.4) is 0 Å². The Morgan fingerprint density at radius 3 is 2.58 bits per heavy atom. The molecule has 0 bridgehead atoms. The molecule has 0 saturated carbocycles. The van der Waals surface area contributed by atoms with Gasteiger partial charge in [0.15, 0.2) is 0 Å². The van der Waals surface area contributed by atoms with Crippen molar-refractivity contribution in [2.75, 3.05) is 6.54 Å². The molecular formula is C15H20ClN3. The molecule has 0 aliphatic heterocycles. The van der Waals surface area contributed by atoms with Crippen LogP contribution in [-0.4, -0.2) is 16.3 Å². The van der Waals surface area contributed by atoms with Crippen molar-refractivity contribution in [3.05, 3.63) is 52.3 Å². The molecule has 0 aliphatic carbocycles. The van der Waals surface area contributed by atoms with Crippen LogP contribution in [0.1, 0.15) is 29.8 Å². The van der Waals surface area contributed by atoms with Gasteiger partial charge in [0.25, 0.3) is 0 Å². The molecule has 1 atom stereocenters. The molecule has 4 heteroatoms. The highest BCUT2D eigenvalue weighted by Gasteiger charge is 2.18. The summed E-state index contributed by atoms with van der Waals surface area (Å²) in [6.07, 6.45) is 0.827. The maximum atomic E-state index is 6.36. The molecule has 1 heterocycles. The van der Waals surface area contributed by atoms with E-state index in [9.17, 15) is 0 Å². The van der Waals surface area contributed by atoms with Gasteiger partial charge in [-0.1, -0.05) is 41.9 Å². The van der Waals surface area contributed by atoms with Crippen molar-refractivity contribution in [3.8, 4) is 0 Å². The Bertz CT molecular complexity index is 534. The van der Waals surface area contributed by atoms with Crippen LogP contribution in [0.25, 0.3) is 0 Å². The van der Waals surface area contributed by atoms with Gasteiger partial charge in [0.2, 0.25) is 0 Å². The first-order valence-corrected chi connectivity index (χ1v) is 7.02. The van der Waals surface area contributed by atoms with Gasteiger partial charge in [-0.05, 0) is 32.4 Å². The third-order valence-corrected chi connectivity index (χ3v) is 3.94. The predicted octanol–water partition coefficient (Wildman–Crippen LogP) is 3.15. The van der Waals surface area contributed by atoms with Crippen LogP contribution in [0.4, 0.5) is 0 Å². The lowest BCUT2D eigenvalue weighted by molar-refractivity contribution is 0.583. The zero-order chi connectivity index (χ0) is 13.8. The summed E-state index contributed by atoms with van der Waals surface area (Å²) in [7, 11) is 0. The second-order valence-corrected chi connectivity index (χ2v) is 5.09. The van der Waals surface area contributed by atoms with E-state index < -0.39 is 0 Å². The van der Waals surface area contributed by atoms with Gasteiger partial charge >= 0.3 is 0 Å². The summed E-state index contributed by atoms with van der Waals surface area (Å²) in [5.41, 5.74) is 9.16. The number of nitrogens with zero attached hydrogens (tertiary/aromatic N) is 2. The van der Waals surface area contributed by atoms with E-state index in [1.54, 1.807) is 0 Å². The van der Waals surface area contributed by atoms with E-state index in [0.29, 0.717) is 6.54 Å². The van der Waals surface area contributed by atoms with Gasteiger partial charge in [-0.15, -0.1) is 0 Å². The molecule has 102 valence electrons. The third-order valence-electron chi connectivity index (χ3n) is 3.45. The van der Waals surface area contributed by atoms with E-state index >= 15 is 0 Å². The van der Waals surface area contributed by atoms with Crippen molar-refractivity contribution < 1.29 is 0 Å². The Labute approximate surface area is 119 Å². The van der Waals surface area contributed by atoms with E-state index in [2.05, 4.69) is 24.2 Å². The summed E-state index contributed by atoms with van der Waals surface area (Å²) in [4.78, 5) is 0. The van der Waals surface area contributed by atoms with Crippen LogP contribution in [-0.2, 0) is 13.0 Å². The first kappa shape index (κ1) is 14.1. The number of hydrogen-bond donors (Lipinski definition) is 1. The first-order valence-electron chi connectivity index (χ1n) is 6.64. The lowest BCUT2D eigenvalue weighted by Crippen LogP contribution is -2.17. The van der Waals surface area contributed by atoms with E-state index in [4.69, 9.17) is 17.3 Å². The maximum Gasteiger partial charge on any atom is 0.0847 e. The molecule has 1 aromatic heterocycles. The van der Waals surface area contributed by atoms with Gasteiger partial charge in [-0.2, -0.15) is 5.10 Å². The van der Waals surface area contributed by atoms with Crippen LogP contribution in [0.5, 0.6) is 0 Å². The molecule has 2 aromatic rings. The van der Waals surface area contributed by atoms with Crippen molar-refractivity contribution in [1.82, 2.24) is 9.78 Å². The van der Waals surface area contributed by atoms with Gasteiger partial charge in [-0.25, -0.2) is 0 Å². The molecule has 1 unspecified atom stereocenters. The number of rotatable bonds is 5. The van der Waals surface area contributed by atoms with Crippen LogP contribution in [0.15, 0.2) is 30.3 Å².